The summed E-state index contributed by atoms with van der Waals surface area (Å²) in [5.41, 5.74) is 5.29. The first-order valence-corrected chi connectivity index (χ1v) is 5.22. The fraction of sp³-hybridized carbons (Fsp3) is 0.714. The lowest BCUT2D eigenvalue weighted by atomic mass is 10.3. The maximum atomic E-state index is 11.0. The number of hydrogen-bond acceptors (Lipinski definition) is 4. The maximum absolute atomic E-state index is 11.0. The molecule has 0 amide bonds. The summed E-state index contributed by atoms with van der Waals surface area (Å²) < 4.78 is 4.92. The van der Waals surface area contributed by atoms with Gasteiger partial charge in [-0.25, -0.2) is 0 Å². The second-order valence-corrected chi connectivity index (χ2v) is 3.65. The van der Waals surface area contributed by atoms with Gasteiger partial charge >= 0.3 is 0 Å². The lowest BCUT2D eigenvalue weighted by Crippen LogP contribution is -2.17. The van der Waals surface area contributed by atoms with E-state index in [9.17, 15) is 4.89 Å². The van der Waals surface area contributed by atoms with Gasteiger partial charge in [0.05, 0.1) is 25.7 Å². The summed E-state index contributed by atoms with van der Waals surface area (Å²) in [6.45, 7) is 2.39. The van der Waals surface area contributed by atoms with Gasteiger partial charge in [-0.3, -0.25) is 0 Å². The molecule has 0 aromatic heterocycles. The average molecular weight is 188 g/mol. The molecule has 0 rings (SSSR count). The smallest absolute Gasteiger partial charge is 0.200 e. The molecule has 0 radical (unpaired) electrons. The Morgan fingerprint density at radius 2 is 2.50 bits per heavy atom. The number of rotatable bonds is 5. The number of ether oxygens (including phenoxy) is 1. The van der Waals surface area contributed by atoms with E-state index in [1.165, 1.54) is 0 Å². The van der Waals surface area contributed by atoms with Crippen LogP contribution in [0.3, 0.4) is 0 Å². The second-order valence-electron chi connectivity index (χ2n) is 2.19. The van der Waals surface area contributed by atoms with Crippen LogP contribution in [0.25, 0.3) is 0 Å². The van der Waals surface area contributed by atoms with E-state index in [2.05, 4.69) is 0 Å². The Labute approximate surface area is 73.4 Å². The predicted octanol–water partition coefficient (Wildman–Crippen LogP) is -0.219. The van der Waals surface area contributed by atoms with E-state index in [4.69, 9.17) is 15.7 Å². The van der Waals surface area contributed by atoms with Crippen LogP contribution in [0.5, 0.6) is 0 Å². The van der Waals surface area contributed by atoms with Gasteiger partial charge in [-0.15, -0.1) is 0 Å². The zero-order valence-corrected chi connectivity index (χ0v) is 7.96. The van der Waals surface area contributed by atoms with Crippen molar-refractivity contribution in [2.24, 2.45) is 5.73 Å². The van der Waals surface area contributed by atoms with Gasteiger partial charge in [0, 0.05) is 13.0 Å². The second kappa shape index (κ2) is 7.20. The Hall–Kier alpha value is -0.460. The molecule has 0 aliphatic rings. The SMILES string of the molecule is CCOC[P+]([O-])=CCC(N)C#N. The molecule has 5 heteroatoms. The van der Waals surface area contributed by atoms with Gasteiger partial charge < -0.3 is 15.4 Å². The van der Waals surface area contributed by atoms with Gasteiger partial charge in [0.1, 0.15) is 0 Å². The van der Waals surface area contributed by atoms with E-state index >= 15 is 0 Å². The van der Waals surface area contributed by atoms with Gasteiger partial charge in [0.2, 0.25) is 6.35 Å². The van der Waals surface area contributed by atoms with Crippen LogP contribution < -0.4 is 10.6 Å². The highest BCUT2D eigenvalue weighted by atomic mass is 31.1. The van der Waals surface area contributed by atoms with Crippen LogP contribution in [0, 0.1) is 11.3 Å². The summed E-state index contributed by atoms with van der Waals surface area (Å²) in [4.78, 5) is 11.0. The Balaban J connectivity index is 3.62. The van der Waals surface area contributed by atoms with Gasteiger partial charge in [0.15, 0.2) is 0 Å². The van der Waals surface area contributed by atoms with Crippen LogP contribution in [-0.4, -0.2) is 24.8 Å². The molecular weight excluding hydrogens is 175 g/mol. The van der Waals surface area contributed by atoms with Gasteiger partial charge in [-0.05, 0) is 6.92 Å². The predicted molar refractivity (Wildman–Crippen MR) is 47.7 cm³/mol. The molecule has 0 aliphatic carbocycles. The number of nitrogens with zero attached hydrogens (tertiary/aromatic N) is 1. The van der Waals surface area contributed by atoms with Crippen molar-refractivity contribution < 1.29 is 9.63 Å². The van der Waals surface area contributed by atoms with Gasteiger partial charge in [-0.2, -0.15) is 5.26 Å². The van der Waals surface area contributed by atoms with E-state index in [1.54, 1.807) is 5.80 Å². The van der Waals surface area contributed by atoms with Crippen LogP contribution in [0.2, 0.25) is 0 Å². The molecular formula is C7H13N2O2P. The zero-order chi connectivity index (χ0) is 9.40. The van der Waals surface area contributed by atoms with Crippen molar-refractivity contribution in [1.82, 2.24) is 0 Å². The van der Waals surface area contributed by atoms with Crippen molar-refractivity contribution in [3.8, 4) is 6.07 Å². The normalized spacial score (nSPS) is 14.0. The average Bonchev–Trinajstić information content (AvgIpc) is 2.10. The van der Waals surface area contributed by atoms with Crippen molar-refractivity contribution in [2.45, 2.75) is 19.4 Å². The fourth-order valence-electron chi connectivity index (χ4n) is 0.518. The first-order chi connectivity index (χ1) is 5.70. The van der Waals surface area contributed by atoms with Crippen LogP contribution in [0.15, 0.2) is 0 Å². The molecule has 4 nitrogen and oxygen atoms in total. The molecule has 0 saturated carbocycles. The lowest BCUT2D eigenvalue weighted by Gasteiger charge is -1.99. The van der Waals surface area contributed by atoms with E-state index < -0.39 is 13.8 Å². The molecule has 0 spiro atoms. The van der Waals surface area contributed by atoms with E-state index in [0.717, 1.165) is 0 Å². The molecule has 0 bridgehead atoms. The molecule has 68 valence electrons. The molecule has 0 heterocycles. The van der Waals surface area contributed by atoms with Crippen LogP contribution in [0.1, 0.15) is 13.3 Å². The molecule has 0 fully saturated rings. The molecule has 2 atom stereocenters. The van der Waals surface area contributed by atoms with Crippen molar-refractivity contribution in [1.29, 1.82) is 5.26 Å². The number of nitrogens with two attached hydrogens (primary N) is 1. The van der Waals surface area contributed by atoms with E-state index in [1.807, 2.05) is 13.0 Å². The Morgan fingerprint density at radius 1 is 1.83 bits per heavy atom. The zero-order valence-electron chi connectivity index (χ0n) is 7.06. The standard InChI is InChI=1S/C7H13N2O2P/c1-2-11-6-12(10)4-3-7(9)5-8/h4,7H,2-3,6,9H2,1H3. The molecule has 0 aromatic rings. The Bertz CT molecular complexity index is 188. The van der Waals surface area contributed by atoms with E-state index in [-0.39, 0.29) is 6.35 Å². The highest BCUT2D eigenvalue weighted by Gasteiger charge is 2.00. The molecule has 2 N–H and O–H groups in total. The van der Waals surface area contributed by atoms with Crippen LogP contribution in [0.4, 0.5) is 0 Å². The summed E-state index contributed by atoms with van der Waals surface area (Å²) in [5, 5.41) is 8.30. The molecule has 0 aliphatic heterocycles. The third-order valence-electron chi connectivity index (χ3n) is 1.15. The van der Waals surface area contributed by atoms with E-state index in [0.29, 0.717) is 13.0 Å². The van der Waals surface area contributed by atoms with Crippen molar-refractivity contribution in [3.63, 3.8) is 0 Å². The Morgan fingerprint density at radius 3 is 3.00 bits per heavy atom. The number of nitriles is 1. The highest BCUT2D eigenvalue weighted by molar-refractivity contribution is 7.49. The third-order valence-corrected chi connectivity index (χ3v) is 2.21. The van der Waals surface area contributed by atoms with Crippen molar-refractivity contribution in [3.05, 3.63) is 0 Å². The Kier molecular flexibility index (Phi) is 6.93. The third kappa shape index (κ3) is 6.26. The summed E-state index contributed by atoms with van der Waals surface area (Å²) in [7, 11) is -1.45. The first kappa shape index (κ1) is 11.5. The maximum Gasteiger partial charge on any atom is 0.200 e. The fourth-order valence-corrected chi connectivity index (χ4v) is 1.45. The summed E-state index contributed by atoms with van der Waals surface area (Å²) in [6.07, 6.45) is 0.586. The quantitative estimate of drug-likeness (QED) is 0.604. The van der Waals surface area contributed by atoms with Gasteiger partial charge in [-0.1, -0.05) is 0 Å². The lowest BCUT2D eigenvalue weighted by molar-refractivity contribution is -0.156. The topological polar surface area (TPSA) is 82.1 Å². The van der Waals surface area contributed by atoms with Crippen LogP contribution in [-0.2, 0) is 4.74 Å². The minimum absolute atomic E-state index is 0.226. The van der Waals surface area contributed by atoms with Gasteiger partial charge in [0.25, 0.3) is 0 Å². The minimum Gasteiger partial charge on any atom is -0.629 e. The minimum atomic E-state index is -1.45. The summed E-state index contributed by atoms with van der Waals surface area (Å²) in [5.74, 6) is 1.54. The summed E-state index contributed by atoms with van der Waals surface area (Å²) in [6, 6.07) is 1.30. The van der Waals surface area contributed by atoms with Crippen LogP contribution >= 0.6 is 7.77 Å². The number of hydrogen-bond donors (Lipinski definition) is 1. The van der Waals surface area contributed by atoms with Crippen molar-refractivity contribution >= 4 is 13.6 Å². The molecule has 0 saturated heterocycles. The monoisotopic (exact) mass is 188 g/mol. The largest absolute Gasteiger partial charge is 0.629 e. The first-order valence-electron chi connectivity index (χ1n) is 3.70. The highest BCUT2D eigenvalue weighted by Crippen LogP contribution is 2.09. The summed E-state index contributed by atoms with van der Waals surface area (Å²) >= 11 is 0. The molecule has 12 heavy (non-hydrogen) atoms. The van der Waals surface area contributed by atoms with Crippen molar-refractivity contribution in [2.75, 3.05) is 13.0 Å². The molecule has 2 unspecified atom stereocenters. The molecule has 0 aromatic carbocycles.